The molecule has 1 aliphatic heterocycles. The Labute approximate surface area is 210 Å². The minimum atomic E-state index is -0.302. The van der Waals surface area contributed by atoms with Crippen molar-refractivity contribution in [3.63, 3.8) is 0 Å². The minimum Gasteiger partial charge on any atom is -0.352 e. The summed E-state index contributed by atoms with van der Waals surface area (Å²) in [5.41, 5.74) is 2.26. The zero-order chi connectivity index (χ0) is 25.9. The number of amidine groups is 1. The highest BCUT2D eigenvalue weighted by atomic mass is 19.1. The summed E-state index contributed by atoms with van der Waals surface area (Å²) in [5.74, 6) is 1.05. The topological polar surface area (TPSA) is 74.1 Å². The van der Waals surface area contributed by atoms with Gasteiger partial charge in [0.15, 0.2) is 5.84 Å². The van der Waals surface area contributed by atoms with Crippen LogP contribution < -0.4 is 4.90 Å². The summed E-state index contributed by atoms with van der Waals surface area (Å²) in [6, 6.07) is 12.1. The molecular formula is C27H30F2N6O. The molecule has 0 bridgehead atoms. The number of halogens is 2. The molecule has 0 saturated carbocycles. The molecule has 0 N–H and O–H groups in total. The zero-order valence-corrected chi connectivity index (χ0v) is 20.7. The van der Waals surface area contributed by atoms with Gasteiger partial charge in [-0.05, 0) is 48.9 Å². The zero-order valence-electron chi connectivity index (χ0n) is 20.7. The fraction of sp³-hybridized carbons (Fsp3) is 0.296. The van der Waals surface area contributed by atoms with Gasteiger partial charge in [0.1, 0.15) is 17.5 Å². The number of anilines is 1. The number of rotatable bonds is 4. The van der Waals surface area contributed by atoms with Crippen LogP contribution in [-0.2, 0) is 4.79 Å². The number of nitrogens with zero attached hydrogens (tertiary/aromatic N) is 6. The predicted molar refractivity (Wildman–Crippen MR) is 139 cm³/mol. The second kappa shape index (κ2) is 13.2. The van der Waals surface area contributed by atoms with E-state index < -0.39 is 0 Å². The van der Waals surface area contributed by atoms with Gasteiger partial charge < -0.3 is 9.80 Å². The molecular weight excluding hydrogens is 462 g/mol. The summed E-state index contributed by atoms with van der Waals surface area (Å²) in [6.45, 7) is 6.96. The summed E-state index contributed by atoms with van der Waals surface area (Å²) in [6.07, 6.45) is 5.71. The molecule has 0 radical (unpaired) electrons. The van der Waals surface area contributed by atoms with Crippen LogP contribution in [0, 0.1) is 11.6 Å². The van der Waals surface area contributed by atoms with E-state index in [9.17, 15) is 13.6 Å². The van der Waals surface area contributed by atoms with Crippen molar-refractivity contribution in [2.24, 2.45) is 9.98 Å². The van der Waals surface area contributed by atoms with Crippen LogP contribution >= 0.6 is 0 Å². The Morgan fingerprint density at radius 3 is 2.00 bits per heavy atom. The monoisotopic (exact) mass is 492 g/mol. The Balaban J connectivity index is 0.000000205. The lowest BCUT2D eigenvalue weighted by Crippen LogP contribution is -2.48. The summed E-state index contributed by atoms with van der Waals surface area (Å²) in [5, 5.41) is 0. The Morgan fingerprint density at radius 1 is 0.917 bits per heavy atom. The molecule has 1 amide bonds. The first kappa shape index (κ1) is 26.6. The van der Waals surface area contributed by atoms with Gasteiger partial charge in [-0.1, -0.05) is 19.1 Å². The smallest absolute Gasteiger partial charge is 0.222 e. The van der Waals surface area contributed by atoms with Crippen molar-refractivity contribution in [3.05, 3.63) is 89.9 Å². The first-order valence-corrected chi connectivity index (χ1v) is 11.7. The normalized spacial score (nSPS) is 14.2. The maximum atomic E-state index is 12.9. The fourth-order valence-electron chi connectivity index (χ4n) is 3.62. The molecule has 0 unspecified atom stereocenters. The number of carbonyl (C=O) groups excluding carboxylic acids is 1. The molecule has 3 aromatic rings. The van der Waals surface area contributed by atoms with Crippen LogP contribution in [0.4, 0.5) is 14.6 Å². The van der Waals surface area contributed by atoms with Crippen molar-refractivity contribution in [2.75, 3.05) is 38.1 Å². The Bertz CT molecular complexity index is 1170. The van der Waals surface area contributed by atoms with Crippen LogP contribution in [0.15, 0.2) is 77.1 Å². The molecule has 188 valence electrons. The maximum Gasteiger partial charge on any atom is 0.222 e. The average Bonchev–Trinajstić information content (AvgIpc) is 2.93. The molecule has 0 spiro atoms. The lowest BCUT2D eigenvalue weighted by atomic mass is 10.1. The van der Waals surface area contributed by atoms with E-state index in [1.807, 2.05) is 18.7 Å². The second-order valence-electron chi connectivity index (χ2n) is 8.04. The third kappa shape index (κ3) is 7.49. The molecule has 7 nitrogen and oxygen atoms in total. The van der Waals surface area contributed by atoms with Gasteiger partial charge >= 0.3 is 0 Å². The van der Waals surface area contributed by atoms with Crippen LogP contribution in [-0.4, -0.2) is 65.5 Å². The van der Waals surface area contributed by atoms with E-state index in [1.165, 1.54) is 24.3 Å². The Hall–Kier alpha value is -4.01. The van der Waals surface area contributed by atoms with Gasteiger partial charge in [0, 0.05) is 63.3 Å². The number of amides is 1. The quantitative estimate of drug-likeness (QED) is 0.400. The van der Waals surface area contributed by atoms with Crippen LogP contribution in [0.5, 0.6) is 0 Å². The summed E-state index contributed by atoms with van der Waals surface area (Å²) >= 11 is 0. The van der Waals surface area contributed by atoms with Crippen molar-refractivity contribution >= 4 is 23.3 Å². The summed E-state index contributed by atoms with van der Waals surface area (Å²) in [4.78, 5) is 32.4. The molecule has 4 rings (SSSR count). The van der Waals surface area contributed by atoms with Gasteiger partial charge in [-0.2, -0.15) is 0 Å². The number of benzene rings is 2. The lowest BCUT2D eigenvalue weighted by Gasteiger charge is -2.35. The van der Waals surface area contributed by atoms with Crippen LogP contribution in [0.3, 0.4) is 0 Å². The van der Waals surface area contributed by atoms with Gasteiger partial charge in [0.05, 0.1) is 6.20 Å². The molecule has 1 saturated heterocycles. The third-order valence-corrected chi connectivity index (χ3v) is 5.66. The van der Waals surface area contributed by atoms with Gasteiger partial charge in [-0.25, -0.2) is 18.8 Å². The van der Waals surface area contributed by atoms with E-state index in [0.29, 0.717) is 12.3 Å². The summed E-state index contributed by atoms with van der Waals surface area (Å²) in [7, 11) is 1.63. The van der Waals surface area contributed by atoms with Crippen molar-refractivity contribution in [2.45, 2.75) is 20.3 Å². The van der Waals surface area contributed by atoms with Crippen molar-refractivity contribution in [3.8, 4) is 0 Å². The molecule has 1 aromatic heterocycles. The number of aliphatic imine (C=N–C) groups is 2. The Morgan fingerprint density at radius 2 is 1.50 bits per heavy atom. The van der Waals surface area contributed by atoms with Crippen molar-refractivity contribution in [1.29, 1.82) is 0 Å². The maximum absolute atomic E-state index is 12.9. The van der Waals surface area contributed by atoms with Gasteiger partial charge in [0.25, 0.3) is 0 Å². The predicted octanol–water partition coefficient (Wildman–Crippen LogP) is 4.39. The molecule has 0 atom stereocenters. The fourth-order valence-corrected chi connectivity index (χ4v) is 3.62. The van der Waals surface area contributed by atoms with E-state index in [1.54, 1.807) is 49.9 Å². The van der Waals surface area contributed by atoms with E-state index in [0.717, 1.165) is 48.8 Å². The van der Waals surface area contributed by atoms with E-state index in [-0.39, 0.29) is 17.5 Å². The van der Waals surface area contributed by atoms with Crippen molar-refractivity contribution < 1.29 is 13.6 Å². The number of piperazine rings is 1. The molecule has 9 heteroatoms. The van der Waals surface area contributed by atoms with Gasteiger partial charge in [-0.15, -0.1) is 0 Å². The molecule has 0 aliphatic carbocycles. The first-order chi connectivity index (χ1) is 17.4. The molecule has 2 heterocycles. The highest BCUT2D eigenvalue weighted by Crippen LogP contribution is 2.12. The number of carbonyl (C=O) groups is 1. The summed E-state index contributed by atoms with van der Waals surface area (Å²) < 4.78 is 25.8. The van der Waals surface area contributed by atoms with E-state index >= 15 is 0 Å². The lowest BCUT2D eigenvalue weighted by molar-refractivity contribution is -0.131. The standard InChI is InChI=1S/C16H14F2N2.C11H16N4O/c1-11(12-3-7-14(17)8-4-12)20-16(19-2)13-5-9-15(18)10-6-13;1-2-11(16)15-7-5-14(6-8-15)10-9-12-3-4-13-10/h3-10H,1-2H3;3-4,9H,2,5-8H2,1H3. The number of hydrogen-bond donors (Lipinski definition) is 0. The molecule has 1 fully saturated rings. The highest BCUT2D eigenvalue weighted by molar-refractivity contribution is 6.11. The third-order valence-electron chi connectivity index (χ3n) is 5.66. The van der Waals surface area contributed by atoms with Crippen molar-refractivity contribution in [1.82, 2.24) is 14.9 Å². The first-order valence-electron chi connectivity index (χ1n) is 11.7. The minimum absolute atomic E-state index is 0.235. The number of aromatic nitrogens is 2. The Kier molecular flexibility index (Phi) is 9.73. The SMILES string of the molecule is CCC(=O)N1CCN(c2cnccn2)CC1.CN=C(N=C(C)c1ccc(F)cc1)c1ccc(F)cc1. The van der Waals surface area contributed by atoms with Gasteiger partial charge in [-0.3, -0.25) is 14.8 Å². The van der Waals surface area contributed by atoms with Crippen LogP contribution in [0.25, 0.3) is 0 Å². The largest absolute Gasteiger partial charge is 0.352 e. The van der Waals surface area contributed by atoms with Crippen LogP contribution in [0.2, 0.25) is 0 Å². The molecule has 1 aliphatic rings. The average molecular weight is 493 g/mol. The molecule has 2 aromatic carbocycles. The van der Waals surface area contributed by atoms with Crippen LogP contribution in [0.1, 0.15) is 31.4 Å². The molecule has 36 heavy (non-hydrogen) atoms. The number of hydrogen-bond acceptors (Lipinski definition) is 5. The highest BCUT2D eigenvalue weighted by Gasteiger charge is 2.20. The van der Waals surface area contributed by atoms with E-state index in [2.05, 4.69) is 24.9 Å². The van der Waals surface area contributed by atoms with E-state index in [4.69, 9.17) is 0 Å². The second-order valence-corrected chi connectivity index (χ2v) is 8.04. The van der Waals surface area contributed by atoms with Gasteiger partial charge in [0.2, 0.25) is 5.91 Å².